The summed E-state index contributed by atoms with van der Waals surface area (Å²) in [5.41, 5.74) is 3.81. The van der Waals surface area contributed by atoms with E-state index in [0.29, 0.717) is 12.5 Å². The average molecular weight is 347 g/mol. The van der Waals surface area contributed by atoms with Crippen LogP contribution in [0, 0.1) is 12.7 Å². The van der Waals surface area contributed by atoms with Gasteiger partial charge < -0.3 is 10.2 Å². The number of carbonyl (C=O) groups is 1. The summed E-state index contributed by atoms with van der Waals surface area (Å²) in [5, 5.41) is 3.10. The van der Waals surface area contributed by atoms with Crippen LogP contribution < -0.4 is 5.32 Å². The zero-order chi connectivity index (χ0) is 17.1. The maximum absolute atomic E-state index is 13.4. The van der Waals surface area contributed by atoms with Gasteiger partial charge in [0, 0.05) is 18.0 Å². The number of aryl methyl sites for hydroxylation is 1. The third-order valence-electron chi connectivity index (χ3n) is 4.65. The Labute approximate surface area is 145 Å². The quantitative estimate of drug-likeness (QED) is 0.906. The van der Waals surface area contributed by atoms with Crippen LogP contribution in [0.5, 0.6) is 0 Å². The number of rotatable bonds is 4. The fourth-order valence-electron chi connectivity index (χ4n) is 3.23. The highest BCUT2D eigenvalue weighted by Crippen LogP contribution is 2.34. The zero-order valence-electron chi connectivity index (χ0n) is 14.0. The minimum absolute atomic E-state index is 0.0623. The number of hydrogen-bond acceptors (Lipinski definition) is 3. The molecule has 0 spiro atoms. The van der Waals surface area contributed by atoms with E-state index in [1.807, 2.05) is 13.0 Å². The van der Waals surface area contributed by atoms with E-state index in [0.717, 1.165) is 35.4 Å². The number of amides is 2. The van der Waals surface area contributed by atoms with Crippen LogP contribution in [0.3, 0.4) is 0 Å². The van der Waals surface area contributed by atoms with Gasteiger partial charge >= 0.3 is 6.03 Å². The summed E-state index contributed by atoms with van der Waals surface area (Å²) in [6, 6.07) is 6.88. The van der Waals surface area contributed by atoms with Gasteiger partial charge in [-0.15, -0.1) is 11.3 Å². The number of benzene rings is 1. The third kappa shape index (κ3) is 3.93. The van der Waals surface area contributed by atoms with Crippen LogP contribution in [-0.2, 0) is 6.54 Å². The fourth-order valence-corrected chi connectivity index (χ4v) is 4.06. The molecular formula is C18H22FN3OS. The lowest BCUT2D eigenvalue weighted by atomic mass is 9.97. The predicted molar refractivity (Wildman–Crippen MR) is 93.6 cm³/mol. The Kier molecular flexibility index (Phi) is 5.14. The van der Waals surface area contributed by atoms with Crippen LogP contribution in [0.4, 0.5) is 9.18 Å². The Morgan fingerprint density at radius 2 is 2.29 bits per heavy atom. The number of nitrogens with zero attached hydrogens (tertiary/aromatic N) is 2. The second-order valence-corrected chi connectivity index (χ2v) is 7.37. The van der Waals surface area contributed by atoms with Gasteiger partial charge in [-0.25, -0.2) is 14.2 Å². The summed E-state index contributed by atoms with van der Waals surface area (Å²) in [4.78, 5) is 19.4. The molecule has 2 amide bonds. The van der Waals surface area contributed by atoms with Crippen molar-refractivity contribution in [3.63, 3.8) is 0 Å². The highest BCUT2D eigenvalue weighted by Gasteiger charge is 2.28. The van der Waals surface area contributed by atoms with Gasteiger partial charge in [0.2, 0.25) is 0 Å². The van der Waals surface area contributed by atoms with Crippen molar-refractivity contribution in [1.29, 1.82) is 0 Å². The summed E-state index contributed by atoms with van der Waals surface area (Å²) in [5.74, 6) is 0.125. The Morgan fingerprint density at radius 1 is 1.46 bits per heavy atom. The van der Waals surface area contributed by atoms with Gasteiger partial charge in [0.05, 0.1) is 17.7 Å². The second-order valence-electron chi connectivity index (χ2n) is 6.43. The molecule has 1 fully saturated rings. The molecule has 1 aromatic carbocycles. The lowest BCUT2D eigenvalue weighted by Gasteiger charge is -2.21. The highest BCUT2D eigenvalue weighted by atomic mass is 32.1. The third-order valence-corrected chi connectivity index (χ3v) is 5.57. The molecule has 0 unspecified atom stereocenters. The monoisotopic (exact) mass is 347 g/mol. The second kappa shape index (κ2) is 7.30. The van der Waals surface area contributed by atoms with Crippen molar-refractivity contribution in [1.82, 2.24) is 15.2 Å². The Bertz CT molecular complexity index is 718. The standard InChI is InChI=1S/C18H22FN3OS/c1-12-17(24-11-20-12)10-22(2)18(23)21-16-7-6-14(9-16)13-4-3-5-15(19)8-13/h3-5,8,11,14,16H,6-7,9-10H2,1-2H3,(H,21,23)/t14-,16-/m1/s1. The van der Waals surface area contributed by atoms with E-state index in [1.54, 1.807) is 40.9 Å². The zero-order valence-corrected chi connectivity index (χ0v) is 14.8. The van der Waals surface area contributed by atoms with Gasteiger partial charge in [0.25, 0.3) is 0 Å². The van der Waals surface area contributed by atoms with Crippen LogP contribution in [0.25, 0.3) is 0 Å². The first kappa shape index (κ1) is 16.9. The van der Waals surface area contributed by atoms with Crippen molar-refractivity contribution in [2.45, 2.75) is 44.7 Å². The molecule has 1 saturated carbocycles. The van der Waals surface area contributed by atoms with Crippen LogP contribution in [0.1, 0.15) is 41.3 Å². The van der Waals surface area contributed by atoms with Gasteiger partial charge in [-0.2, -0.15) is 0 Å². The lowest BCUT2D eigenvalue weighted by molar-refractivity contribution is 0.203. The van der Waals surface area contributed by atoms with Gasteiger partial charge in [-0.05, 0) is 49.8 Å². The van der Waals surface area contributed by atoms with E-state index >= 15 is 0 Å². The first-order valence-electron chi connectivity index (χ1n) is 8.19. The predicted octanol–water partition coefficient (Wildman–Crippen LogP) is 4.07. The van der Waals surface area contributed by atoms with Crippen molar-refractivity contribution < 1.29 is 9.18 Å². The van der Waals surface area contributed by atoms with Crippen LogP contribution in [0.15, 0.2) is 29.8 Å². The Hall–Kier alpha value is -1.95. The number of nitrogens with one attached hydrogen (secondary N) is 1. The van der Waals surface area contributed by atoms with Crippen molar-refractivity contribution in [3.8, 4) is 0 Å². The molecule has 3 rings (SSSR count). The summed E-state index contributed by atoms with van der Waals surface area (Å²) < 4.78 is 13.4. The number of hydrogen-bond donors (Lipinski definition) is 1. The summed E-state index contributed by atoms with van der Waals surface area (Å²) in [6.45, 7) is 2.53. The molecule has 2 aromatic rings. The molecule has 2 atom stereocenters. The van der Waals surface area contributed by atoms with Gasteiger partial charge in [0.15, 0.2) is 0 Å². The molecule has 1 N–H and O–H groups in total. The van der Waals surface area contributed by atoms with E-state index in [1.165, 1.54) is 6.07 Å². The molecule has 128 valence electrons. The summed E-state index contributed by atoms with van der Waals surface area (Å²) in [7, 11) is 1.80. The largest absolute Gasteiger partial charge is 0.335 e. The fraction of sp³-hybridized carbons (Fsp3) is 0.444. The SMILES string of the molecule is Cc1ncsc1CN(C)C(=O)N[C@@H]1CC[C@@H](c2cccc(F)c2)C1. The van der Waals surface area contributed by atoms with Crippen molar-refractivity contribution >= 4 is 17.4 Å². The van der Waals surface area contributed by atoms with Crippen LogP contribution in [-0.4, -0.2) is 29.0 Å². The Morgan fingerprint density at radius 3 is 3.00 bits per heavy atom. The number of urea groups is 1. The smallest absolute Gasteiger partial charge is 0.317 e. The highest BCUT2D eigenvalue weighted by molar-refractivity contribution is 7.09. The van der Waals surface area contributed by atoms with Crippen molar-refractivity contribution in [3.05, 3.63) is 51.7 Å². The number of halogens is 1. The van der Waals surface area contributed by atoms with Crippen molar-refractivity contribution in [2.75, 3.05) is 7.05 Å². The number of aromatic nitrogens is 1. The molecule has 1 aromatic heterocycles. The molecule has 4 nitrogen and oxygen atoms in total. The van der Waals surface area contributed by atoms with E-state index < -0.39 is 0 Å². The average Bonchev–Trinajstić information content (AvgIpc) is 3.17. The molecule has 0 saturated heterocycles. The lowest BCUT2D eigenvalue weighted by Crippen LogP contribution is -2.41. The number of carbonyl (C=O) groups excluding carboxylic acids is 1. The first-order valence-corrected chi connectivity index (χ1v) is 9.07. The van der Waals surface area contributed by atoms with E-state index in [4.69, 9.17) is 0 Å². The molecule has 1 aliphatic rings. The van der Waals surface area contributed by atoms with E-state index in [9.17, 15) is 9.18 Å². The van der Waals surface area contributed by atoms with Crippen LogP contribution >= 0.6 is 11.3 Å². The van der Waals surface area contributed by atoms with E-state index in [-0.39, 0.29) is 17.9 Å². The molecule has 0 bridgehead atoms. The van der Waals surface area contributed by atoms with Gasteiger partial charge in [-0.1, -0.05) is 12.1 Å². The first-order chi connectivity index (χ1) is 11.5. The van der Waals surface area contributed by atoms with Gasteiger partial charge in [-0.3, -0.25) is 0 Å². The topological polar surface area (TPSA) is 45.2 Å². The maximum Gasteiger partial charge on any atom is 0.317 e. The molecule has 1 aliphatic carbocycles. The Balaban J connectivity index is 1.53. The molecular weight excluding hydrogens is 325 g/mol. The normalized spacial score (nSPS) is 20.1. The molecule has 0 aliphatic heterocycles. The minimum Gasteiger partial charge on any atom is -0.335 e. The van der Waals surface area contributed by atoms with Crippen LogP contribution in [0.2, 0.25) is 0 Å². The summed E-state index contributed by atoms with van der Waals surface area (Å²) in [6.07, 6.45) is 2.77. The van der Waals surface area contributed by atoms with Crippen molar-refractivity contribution in [2.24, 2.45) is 0 Å². The molecule has 24 heavy (non-hydrogen) atoms. The molecule has 1 heterocycles. The molecule has 0 radical (unpaired) electrons. The number of thiazole rings is 1. The maximum atomic E-state index is 13.4. The summed E-state index contributed by atoms with van der Waals surface area (Å²) >= 11 is 1.57. The van der Waals surface area contributed by atoms with E-state index in [2.05, 4.69) is 10.3 Å². The molecule has 6 heteroatoms. The minimum atomic E-state index is -0.195. The van der Waals surface area contributed by atoms with Gasteiger partial charge in [0.1, 0.15) is 5.82 Å².